The predicted octanol–water partition coefficient (Wildman–Crippen LogP) is 2.18. The summed E-state index contributed by atoms with van der Waals surface area (Å²) in [6, 6.07) is 4.80. The van der Waals surface area contributed by atoms with Gasteiger partial charge in [-0.15, -0.1) is 0 Å². The van der Waals surface area contributed by atoms with Crippen molar-refractivity contribution in [2.24, 2.45) is 0 Å². The van der Waals surface area contributed by atoms with Crippen molar-refractivity contribution >= 4 is 22.8 Å². The van der Waals surface area contributed by atoms with Crippen molar-refractivity contribution < 1.29 is 23.8 Å². The summed E-state index contributed by atoms with van der Waals surface area (Å²) >= 11 is 0. The van der Waals surface area contributed by atoms with E-state index in [0.717, 1.165) is 18.5 Å². The lowest BCUT2D eigenvalue weighted by Crippen LogP contribution is -2.52. The number of carbonyl (C=O) groups is 2. The summed E-state index contributed by atoms with van der Waals surface area (Å²) in [7, 11) is 0. The van der Waals surface area contributed by atoms with Crippen molar-refractivity contribution in [1.82, 2.24) is 9.88 Å². The van der Waals surface area contributed by atoms with E-state index in [1.54, 1.807) is 12.1 Å². The van der Waals surface area contributed by atoms with E-state index in [4.69, 9.17) is 4.74 Å². The van der Waals surface area contributed by atoms with E-state index in [0.29, 0.717) is 22.4 Å². The maximum absolute atomic E-state index is 13.7. The van der Waals surface area contributed by atoms with E-state index in [1.165, 1.54) is 17.0 Å². The summed E-state index contributed by atoms with van der Waals surface area (Å²) in [5.74, 6) is -1.67. The number of hydrogen-bond donors (Lipinski definition) is 1. The molecule has 1 atom stereocenters. The molecule has 1 aromatic carbocycles. The van der Waals surface area contributed by atoms with E-state index in [2.05, 4.69) is 4.98 Å². The van der Waals surface area contributed by atoms with Crippen molar-refractivity contribution in [3.8, 4) is 0 Å². The van der Waals surface area contributed by atoms with Gasteiger partial charge in [0.15, 0.2) is 6.04 Å². The number of ether oxygens (including phenoxy) is 1. The van der Waals surface area contributed by atoms with Crippen LogP contribution in [-0.2, 0) is 9.53 Å². The number of nitrogens with zero attached hydrogens (tertiary/aromatic N) is 2. The lowest BCUT2D eigenvalue weighted by molar-refractivity contribution is -0.147. The average molecular weight is 344 g/mol. The Hall–Kier alpha value is -2.54. The normalized spacial score (nSPS) is 20.7. The van der Waals surface area contributed by atoms with E-state index in [9.17, 15) is 19.1 Å². The zero-order chi connectivity index (χ0) is 17.6. The molecule has 7 heteroatoms. The SMILES string of the molecule is O=C(O)C1COCCN1C(=O)c1cc(C2CC2)nc2ccc(F)cc12. The summed E-state index contributed by atoms with van der Waals surface area (Å²) in [4.78, 5) is 30.4. The summed E-state index contributed by atoms with van der Waals surface area (Å²) < 4.78 is 18.9. The van der Waals surface area contributed by atoms with Crippen LogP contribution in [0.3, 0.4) is 0 Å². The van der Waals surface area contributed by atoms with Gasteiger partial charge in [-0.3, -0.25) is 9.78 Å². The first-order chi connectivity index (χ1) is 12.0. The highest BCUT2D eigenvalue weighted by Gasteiger charge is 2.35. The molecule has 2 aliphatic rings. The zero-order valence-corrected chi connectivity index (χ0v) is 13.4. The summed E-state index contributed by atoms with van der Waals surface area (Å²) in [5, 5.41) is 9.78. The molecular weight excluding hydrogens is 327 g/mol. The quantitative estimate of drug-likeness (QED) is 0.923. The number of pyridine rings is 1. The molecule has 0 radical (unpaired) electrons. The number of amides is 1. The Morgan fingerprint density at radius 1 is 1.28 bits per heavy atom. The molecule has 130 valence electrons. The summed E-state index contributed by atoms with van der Waals surface area (Å²) in [6.45, 7) is 0.421. The molecule has 25 heavy (non-hydrogen) atoms. The number of fused-ring (bicyclic) bond motifs is 1. The Morgan fingerprint density at radius 3 is 2.80 bits per heavy atom. The first kappa shape index (κ1) is 16.0. The second-order valence-electron chi connectivity index (χ2n) is 6.46. The monoisotopic (exact) mass is 344 g/mol. The molecule has 1 aromatic heterocycles. The number of halogens is 1. The Labute approximate surface area is 143 Å². The van der Waals surface area contributed by atoms with Gasteiger partial charge in [0.25, 0.3) is 5.91 Å². The topological polar surface area (TPSA) is 79.7 Å². The highest BCUT2D eigenvalue weighted by atomic mass is 19.1. The van der Waals surface area contributed by atoms with E-state index in [-0.39, 0.29) is 19.8 Å². The summed E-state index contributed by atoms with van der Waals surface area (Å²) in [6.07, 6.45) is 2.03. The highest BCUT2D eigenvalue weighted by molar-refractivity contribution is 6.07. The molecule has 1 N–H and O–H groups in total. The maximum Gasteiger partial charge on any atom is 0.328 e. The fourth-order valence-corrected chi connectivity index (χ4v) is 3.19. The van der Waals surface area contributed by atoms with Gasteiger partial charge in [0.1, 0.15) is 5.82 Å². The van der Waals surface area contributed by atoms with Crippen molar-refractivity contribution in [3.63, 3.8) is 0 Å². The molecule has 1 aliphatic carbocycles. The molecule has 2 fully saturated rings. The van der Waals surface area contributed by atoms with Crippen LogP contribution in [0.25, 0.3) is 10.9 Å². The van der Waals surface area contributed by atoms with Crippen LogP contribution in [-0.4, -0.2) is 52.7 Å². The van der Waals surface area contributed by atoms with Gasteiger partial charge in [-0.25, -0.2) is 9.18 Å². The van der Waals surface area contributed by atoms with Gasteiger partial charge >= 0.3 is 5.97 Å². The van der Waals surface area contributed by atoms with Gasteiger partial charge in [-0.2, -0.15) is 0 Å². The number of morpholine rings is 1. The van der Waals surface area contributed by atoms with Gasteiger partial charge in [0.05, 0.1) is 24.3 Å². The van der Waals surface area contributed by atoms with Crippen molar-refractivity contribution in [3.05, 3.63) is 41.3 Å². The second kappa shape index (κ2) is 6.07. The fourth-order valence-electron chi connectivity index (χ4n) is 3.19. The molecule has 1 amide bonds. The van der Waals surface area contributed by atoms with Gasteiger partial charge in [0, 0.05) is 23.5 Å². The average Bonchev–Trinajstić information content (AvgIpc) is 3.45. The van der Waals surface area contributed by atoms with Crippen LogP contribution >= 0.6 is 0 Å². The maximum atomic E-state index is 13.7. The molecule has 0 spiro atoms. The molecule has 4 rings (SSSR count). The smallest absolute Gasteiger partial charge is 0.328 e. The Kier molecular flexibility index (Phi) is 3.88. The van der Waals surface area contributed by atoms with Crippen molar-refractivity contribution in [2.45, 2.75) is 24.8 Å². The number of carboxylic acids is 1. The standard InChI is InChI=1S/C18H17FN2O4/c19-11-3-4-14-12(7-11)13(8-15(20-14)10-1-2-10)17(22)21-5-6-25-9-16(21)18(23)24/h3-4,7-8,10,16H,1-2,5-6,9H2,(H,23,24). The molecule has 0 bridgehead atoms. The minimum Gasteiger partial charge on any atom is -0.480 e. The third-order valence-corrected chi connectivity index (χ3v) is 4.69. The van der Waals surface area contributed by atoms with Crippen molar-refractivity contribution in [2.75, 3.05) is 19.8 Å². The number of aromatic nitrogens is 1. The number of benzene rings is 1. The molecule has 2 heterocycles. The molecule has 2 aromatic rings. The molecule has 1 saturated heterocycles. The van der Waals surface area contributed by atoms with E-state index < -0.39 is 23.7 Å². The number of carboxylic acid groups (broad SMARTS) is 1. The first-order valence-electron chi connectivity index (χ1n) is 8.26. The van der Waals surface area contributed by atoms with Gasteiger partial charge in [0.2, 0.25) is 0 Å². The Morgan fingerprint density at radius 2 is 2.08 bits per heavy atom. The number of rotatable bonds is 3. The van der Waals surface area contributed by atoms with Crippen LogP contribution in [0, 0.1) is 5.82 Å². The lowest BCUT2D eigenvalue weighted by atomic mass is 10.0. The highest BCUT2D eigenvalue weighted by Crippen LogP contribution is 2.40. The van der Waals surface area contributed by atoms with Gasteiger partial charge in [-0.1, -0.05) is 0 Å². The second-order valence-corrected chi connectivity index (χ2v) is 6.46. The Balaban J connectivity index is 1.82. The van der Waals surface area contributed by atoms with Gasteiger partial charge < -0.3 is 14.7 Å². The first-order valence-corrected chi connectivity index (χ1v) is 8.26. The molecule has 1 unspecified atom stereocenters. The molecular formula is C18H17FN2O4. The van der Waals surface area contributed by atoms with E-state index >= 15 is 0 Å². The number of aliphatic carboxylic acids is 1. The number of carbonyl (C=O) groups excluding carboxylic acids is 1. The van der Waals surface area contributed by atoms with Gasteiger partial charge in [-0.05, 0) is 37.1 Å². The van der Waals surface area contributed by atoms with Crippen LogP contribution in [0.1, 0.15) is 34.8 Å². The summed E-state index contributed by atoms with van der Waals surface area (Å²) in [5.41, 5.74) is 1.66. The molecule has 6 nitrogen and oxygen atoms in total. The van der Waals surface area contributed by atoms with Crippen LogP contribution in [0.4, 0.5) is 4.39 Å². The lowest BCUT2D eigenvalue weighted by Gasteiger charge is -2.33. The van der Waals surface area contributed by atoms with E-state index in [1.807, 2.05) is 0 Å². The zero-order valence-electron chi connectivity index (χ0n) is 13.4. The van der Waals surface area contributed by atoms with Crippen LogP contribution in [0.15, 0.2) is 24.3 Å². The third kappa shape index (κ3) is 2.95. The van der Waals surface area contributed by atoms with Crippen LogP contribution in [0.2, 0.25) is 0 Å². The Bertz CT molecular complexity index is 866. The molecule has 1 saturated carbocycles. The van der Waals surface area contributed by atoms with Crippen molar-refractivity contribution in [1.29, 1.82) is 0 Å². The third-order valence-electron chi connectivity index (χ3n) is 4.69. The minimum atomic E-state index is -1.11. The minimum absolute atomic E-state index is 0.0477. The predicted molar refractivity (Wildman–Crippen MR) is 87.0 cm³/mol. The largest absolute Gasteiger partial charge is 0.480 e. The van der Waals surface area contributed by atoms with Crippen LogP contribution in [0.5, 0.6) is 0 Å². The fraction of sp³-hybridized carbons (Fsp3) is 0.389. The number of hydrogen-bond acceptors (Lipinski definition) is 4. The molecule has 1 aliphatic heterocycles. The van der Waals surface area contributed by atoms with Crippen LogP contribution < -0.4 is 0 Å².